The van der Waals surface area contributed by atoms with Gasteiger partial charge in [-0.05, 0) is 55.5 Å². The summed E-state index contributed by atoms with van der Waals surface area (Å²) in [5.41, 5.74) is 1.26. The van der Waals surface area contributed by atoms with E-state index in [1.54, 1.807) is 7.11 Å². The van der Waals surface area contributed by atoms with Crippen molar-refractivity contribution < 1.29 is 9.47 Å². The minimum Gasteiger partial charge on any atom is -0.496 e. The van der Waals surface area contributed by atoms with Gasteiger partial charge in [-0.1, -0.05) is 22.9 Å². The van der Waals surface area contributed by atoms with E-state index in [0.717, 1.165) is 49.2 Å². The standard InChI is InChI=1S/C16H24BrNO2/c1-3-18-15(12-6-8-20-9-7-12)11-13-10-14(17)4-5-16(13)19-2/h4-5,10,12,15,18H,3,6-9,11H2,1-2H3. The summed E-state index contributed by atoms with van der Waals surface area (Å²) in [6.45, 7) is 4.95. The van der Waals surface area contributed by atoms with Gasteiger partial charge in [0, 0.05) is 23.7 Å². The molecule has 1 aliphatic rings. The van der Waals surface area contributed by atoms with Crippen LogP contribution < -0.4 is 10.1 Å². The number of halogens is 1. The van der Waals surface area contributed by atoms with E-state index < -0.39 is 0 Å². The van der Waals surface area contributed by atoms with Crippen molar-refractivity contribution in [1.82, 2.24) is 5.32 Å². The molecule has 1 unspecified atom stereocenters. The molecule has 1 aliphatic heterocycles. The first-order valence-corrected chi connectivity index (χ1v) is 8.17. The number of rotatable bonds is 6. The number of benzene rings is 1. The summed E-state index contributed by atoms with van der Waals surface area (Å²) in [6, 6.07) is 6.72. The van der Waals surface area contributed by atoms with Crippen LogP contribution >= 0.6 is 15.9 Å². The maximum atomic E-state index is 5.49. The van der Waals surface area contributed by atoms with Crippen molar-refractivity contribution in [2.45, 2.75) is 32.2 Å². The van der Waals surface area contributed by atoms with Crippen molar-refractivity contribution >= 4 is 15.9 Å². The highest BCUT2D eigenvalue weighted by Gasteiger charge is 2.24. The van der Waals surface area contributed by atoms with Crippen LogP contribution in [0.1, 0.15) is 25.3 Å². The Bertz CT molecular complexity index is 419. The molecule has 0 aromatic heterocycles. The van der Waals surface area contributed by atoms with Gasteiger partial charge >= 0.3 is 0 Å². The average Bonchev–Trinajstić information content (AvgIpc) is 2.48. The van der Waals surface area contributed by atoms with Gasteiger partial charge < -0.3 is 14.8 Å². The third kappa shape index (κ3) is 4.21. The van der Waals surface area contributed by atoms with Crippen molar-refractivity contribution in [2.24, 2.45) is 5.92 Å². The van der Waals surface area contributed by atoms with Crippen LogP contribution in [0.4, 0.5) is 0 Å². The largest absolute Gasteiger partial charge is 0.496 e. The second kappa shape index (κ2) is 8.01. The summed E-state index contributed by atoms with van der Waals surface area (Å²) in [5.74, 6) is 1.66. The first-order valence-electron chi connectivity index (χ1n) is 7.38. The van der Waals surface area contributed by atoms with E-state index in [9.17, 15) is 0 Å². The lowest BCUT2D eigenvalue weighted by Crippen LogP contribution is -2.40. The van der Waals surface area contributed by atoms with Crippen LogP contribution in [0.2, 0.25) is 0 Å². The minimum atomic E-state index is 0.493. The molecule has 1 aromatic rings. The Morgan fingerprint density at radius 3 is 2.80 bits per heavy atom. The van der Waals surface area contributed by atoms with Gasteiger partial charge in [0.25, 0.3) is 0 Å². The Kier molecular flexibility index (Phi) is 6.33. The Labute approximate surface area is 130 Å². The van der Waals surface area contributed by atoms with Crippen molar-refractivity contribution in [3.63, 3.8) is 0 Å². The molecule has 1 atom stereocenters. The first kappa shape index (κ1) is 15.8. The predicted molar refractivity (Wildman–Crippen MR) is 85.4 cm³/mol. The Hall–Kier alpha value is -0.580. The maximum Gasteiger partial charge on any atom is 0.122 e. The van der Waals surface area contributed by atoms with Gasteiger partial charge in [0.1, 0.15) is 5.75 Å². The van der Waals surface area contributed by atoms with Crippen LogP contribution in [0, 0.1) is 5.92 Å². The lowest BCUT2D eigenvalue weighted by Gasteiger charge is -2.31. The molecule has 1 heterocycles. The molecule has 1 N–H and O–H groups in total. The van der Waals surface area contributed by atoms with Gasteiger partial charge in [-0.25, -0.2) is 0 Å². The van der Waals surface area contributed by atoms with Crippen LogP contribution in [-0.4, -0.2) is 32.9 Å². The van der Waals surface area contributed by atoms with E-state index in [4.69, 9.17) is 9.47 Å². The second-order valence-corrected chi connectivity index (χ2v) is 6.19. The quantitative estimate of drug-likeness (QED) is 0.860. The van der Waals surface area contributed by atoms with Crippen LogP contribution in [0.25, 0.3) is 0 Å². The van der Waals surface area contributed by atoms with Crippen molar-refractivity contribution in [2.75, 3.05) is 26.9 Å². The topological polar surface area (TPSA) is 30.5 Å². The highest BCUT2D eigenvalue weighted by atomic mass is 79.9. The smallest absolute Gasteiger partial charge is 0.122 e. The monoisotopic (exact) mass is 341 g/mol. The number of nitrogens with one attached hydrogen (secondary N) is 1. The number of ether oxygens (including phenoxy) is 2. The summed E-state index contributed by atoms with van der Waals surface area (Å²) in [5, 5.41) is 3.65. The molecule has 2 rings (SSSR count). The second-order valence-electron chi connectivity index (χ2n) is 5.27. The molecule has 1 saturated heterocycles. The molecule has 112 valence electrons. The van der Waals surface area contributed by atoms with E-state index in [-0.39, 0.29) is 0 Å². The number of hydrogen-bond donors (Lipinski definition) is 1. The molecular formula is C16H24BrNO2. The van der Waals surface area contributed by atoms with Crippen molar-refractivity contribution in [1.29, 1.82) is 0 Å². The van der Waals surface area contributed by atoms with E-state index in [0.29, 0.717) is 12.0 Å². The normalized spacial score (nSPS) is 17.9. The summed E-state index contributed by atoms with van der Waals surface area (Å²) in [4.78, 5) is 0. The van der Waals surface area contributed by atoms with Gasteiger partial charge in [-0.15, -0.1) is 0 Å². The maximum absolute atomic E-state index is 5.49. The van der Waals surface area contributed by atoms with Crippen LogP contribution in [0.5, 0.6) is 5.75 Å². The highest BCUT2D eigenvalue weighted by Crippen LogP contribution is 2.28. The molecule has 1 aromatic carbocycles. The SMILES string of the molecule is CCNC(Cc1cc(Br)ccc1OC)C1CCOCC1. The lowest BCUT2D eigenvalue weighted by atomic mass is 9.87. The first-order chi connectivity index (χ1) is 9.74. The van der Waals surface area contributed by atoms with E-state index in [2.05, 4.69) is 34.2 Å². The van der Waals surface area contributed by atoms with Crippen molar-refractivity contribution in [3.8, 4) is 5.75 Å². The molecule has 0 bridgehead atoms. The third-order valence-electron chi connectivity index (χ3n) is 3.98. The van der Waals surface area contributed by atoms with Crippen LogP contribution in [0.15, 0.2) is 22.7 Å². The van der Waals surface area contributed by atoms with E-state index >= 15 is 0 Å². The van der Waals surface area contributed by atoms with Gasteiger partial charge in [-0.2, -0.15) is 0 Å². The summed E-state index contributed by atoms with van der Waals surface area (Å²) in [6.07, 6.45) is 3.29. The van der Waals surface area contributed by atoms with Gasteiger partial charge in [0.2, 0.25) is 0 Å². The molecule has 1 fully saturated rings. The zero-order valence-corrected chi connectivity index (χ0v) is 13.9. The molecule has 0 aliphatic carbocycles. The zero-order valence-electron chi connectivity index (χ0n) is 12.3. The fourth-order valence-electron chi connectivity index (χ4n) is 2.93. The van der Waals surface area contributed by atoms with Crippen LogP contribution in [-0.2, 0) is 11.2 Å². The van der Waals surface area contributed by atoms with Gasteiger partial charge in [0.05, 0.1) is 7.11 Å². The molecule has 4 heteroatoms. The Morgan fingerprint density at radius 2 is 2.15 bits per heavy atom. The van der Waals surface area contributed by atoms with Gasteiger partial charge in [0.15, 0.2) is 0 Å². The Balaban J connectivity index is 2.12. The Morgan fingerprint density at radius 1 is 1.40 bits per heavy atom. The number of methoxy groups -OCH3 is 1. The predicted octanol–water partition coefficient (Wildman–Crippen LogP) is 3.40. The molecule has 20 heavy (non-hydrogen) atoms. The summed E-state index contributed by atoms with van der Waals surface area (Å²) < 4.78 is 12.1. The lowest BCUT2D eigenvalue weighted by molar-refractivity contribution is 0.0539. The van der Waals surface area contributed by atoms with Gasteiger partial charge in [-0.3, -0.25) is 0 Å². The van der Waals surface area contributed by atoms with E-state index in [1.807, 2.05) is 12.1 Å². The molecule has 0 spiro atoms. The van der Waals surface area contributed by atoms with E-state index in [1.165, 1.54) is 5.56 Å². The summed E-state index contributed by atoms with van der Waals surface area (Å²) >= 11 is 3.55. The molecular weight excluding hydrogens is 318 g/mol. The average molecular weight is 342 g/mol. The summed E-state index contributed by atoms with van der Waals surface area (Å²) in [7, 11) is 1.74. The fourth-order valence-corrected chi connectivity index (χ4v) is 3.34. The van der Waals surface area contributed by atoms with Crippen molar-refractivity contribution in [3.05, 3.63) is 28.2 Å². The number of hydrogen-bond acceptors (Lipinski definition) is 3. The highest BCUT2D eigenvalue weighted by molar-refractivity contribution is 9.10. The number of likely N-dealkylation sites (N-methyl/N-ethyl adjacent to an activating group) is 1. The molecule has 0 amide bonds. The molecule has 3 nitrogen and oxygen atoms in total. The minimum absolute atomic E-state index is 0.493. The third-order valence-corrected chi connectivity index (χ3v) is 4.48. The fraction of sp³-hybridized carbons (Fsp3) is 0.625. The molecule has 0 radical (unpaired) electrons. The zero-order chi connectivity index (χ0) is 14.4. The van der Waals surface area contributed by atoms with Crippen LogP contribution in [0.3, 0.4) is 0 Å². The molecule has 0 saturated carbocycles.